The number of hydrogen-bond donors (Lipinski definition) is 1. The highest BCUT2D eigenvalue weighted by Crippen LogP contribution is 2.28. The Hall–Kier alpha value is -2.78. The Morgan fingerprint density at radius 3 is 2.21 bits per heavy atom. The van der Waals surface area contributed by atoms with Crippen molar-refractivity contribution in [3.8, 4) is 0 Å². The van der Waals surface area contributed by atoms with Crippen molar-refractivity contribution in [3.63, 3.8) is 0 Å². The molecule has 2 aromatic carbocycles. The monoisotopic (exact) mass is 406 g/mol. The van der Waals surface area contributed by atoms with Crippen molar-refractivity contribution in [1.29, 1.82) is 0 Å². The van der Waals surface area contributed by atoms with E-state index in [0.717, 1.165) is 29.8 Å². The van der Waals surface area contributed by atoms with Gasteiger partial charge in [0.05, 0.1) is 16.9 Å². The number of methoxy groups -OCH3 is 1. The van der Waals surface area contributed by atoms with Crippen molar-refractivity contribution in [2.24, 2.45) is 5.41 Å². The lowest BCUT2D eigenvalue weighted by atomic mass is 9.79. The Labute approximate surface area is 163 Å². The number of non-ortho nitro benzene ring substituents is 1. The molecule has 8 nitrogen and oxygen atoms in total. The van der Waals surface area contributed by atoms with E-state index in [2.05, 4.69) is 4.72 Å². The average molecular weight is 406 g/mol. The first-order chi connectivity index (χ1) is 13.1. The number of hydrogen-bond acceptors (Lipinski definition) is 6. The third-order valence-electron chi connectivity index (χ3n) is 4.35. The molecule has 0 saturated heterocycles. The number of nitrogens with zero attached hydrogens (tertiary/aromatic N) is 1. The summed E-state index contributed by atoms with van der Waals surface area (Å²) < 4.78 is 32.7. The third kappa shape index (κ3) is 5.14. The standard InChI is InChI=1S/C19H22N2O6S/c1-19(2,13-14-7-5-4-6-8-14)17(18(22)27-3)20-28(25,26)16-11-9-15(10-12-16)21(23)24/h4-12,17,20H,13H2,1-3H3/t17-/m1/s1. The predicted molar refractivity (Wildman–Crippen MR) is 103 cm³/mol. The van der Waals surface area contributed by atoms with Gasteiger partial charge in [0.2, 0.25) is 10.0 Å². The number of nitro groups is 1. The van der Waals surface area contributed by atoms with Gasteiger partial charge >= 0.3 is 5.97 Å². The Morgan fingerprint density at radius 2 is 1.71 bits per heavy atom. The fraction of sp³-hybridized carbons (Fsp3) is 0.316. The van der Waals surface area contributed by atoms with Crippen molar-refractivity contribution in [1.82, 2.24) is 4.72 Å². The Morgan fingerprint density at radius 1 is 1.14 bits per heavy atom. The van der Waals surface area contributed by atoms with Crippen LogP contribution >= 0.6 is 0 Å². The minimum atomic E-state index is -4.11. The number of nitro benzene ring substituents is 1. The smallest absolute Gasteiger partial charge is 0.324 e. The van der Waals surface area contributed by atoms with Crippen molar-refractivity contribution in [2.75, 3.05) is 7.11 Å². The van der Waals surface area contributed by atoms with Gasteiger partial charge in [-0.2, -0.15) is 4.72 Å². The van der Waals surface area contributed by atoms with E-state index in [1.54, 1.807) is 13.8 Å². The summed E-state index contributed by atoms with van der Waals surface area (Å²) in [7, 11) is -2.92. The van der Waals surface area contributed by atoms with E-state index < -0.39 is 32.4 Å². The summed E-state index contributed by atoms with van der Waals surface area (Å²) in [4.78, 5) is 22.3. The third-order valence-corrected chi connectivity index (χ3v) is 5.79. The Bertz CT molecular complexity index is 940. The summed E-state index contributed by atoms with van der Waals surface area (Å²) in [5.41, 5.74) is -0.0914. The number of rotatable bonds is 8. The number of ether oxygens (including phenoxy) is 1. The maximum absolute atomic E-state index is 12.8. The molecule has 1 atom stereocenters. The minimum Gasteiger partial charge on any atom is -0.468 e. The summed E-state index contributed by atoms with van der Waals surface area (Å²) in [6, 6.07) is 12.6. The topological polar surface area (TPSA) is 116 Å². The second-order valence-electron chi connectivity index (χ2n) is 6.98. The maximum atomic E-state index is 12.8. The van der Waals surface area contributed by atoms with Crippen LogP contribution in [-0.4, -0.2) is 32.5 Å². The average Bonchev–Trinajstić information content (AvgIpc) is 2.66. The lowest BCUT2D eigenvalue weighted by Crippen LogP contribution is -2.51. The first-order valence-electron chi connectivity index (χ1n) is 8.45. The SMILES string of the molecule is COC(=O)[C@@H](NS(=O)(=O)c1ccc([N+](=O)[O-])cc1)C(C)(C)Cc1ccccc1. The van der Waals surface area contributed by atoms with Crippen molar-refractivity contribution < 1.29 is 22.9 Å². The number of benzene rings is 2. The molecule has 1 N–H and O–H groups in total. The first kappa shape index (κ1) is 21.5. The molecule has 0 aromatic heterocycles. The van der Waals surface area contributed by atoms with Gasteiger partial charge in [-0.15, -0.1) is 0 Å². The fourth-order valence-corrected chi connectivity index (χ4v) is 4.19. The van der Waals surface area contributed by atoms with Gasteiger partial charge in [0.25, 0.3) is 5.69 Å². The van der Waals surface area contributed by atoms with Gasteiger partial charge < -0.3 is 4.74 Å². The van der Waals surface area contributed by atoms with Gasteiger partial charge in [0.15, 0.2) is 0 Å². The van der Waals surface area contributed by atoms with Crippen molar-refractivity contribution in [3.05, 3.63) is 70.3 Å². The van der Waals surface area contributed by atoms with Crippen LogP contribution in [0.1, 0.15) is 19.4 Å². The second-order valence-corrected chi connectivity index (χ2v) is 8.69. The van der Waals surface area contributed by atoms with Crippen LogP contribution in [0.2, 0.25) is 0 Å². The molecule has 0 amide bonds. The summed E-state index contributed by atoms with van der Waals surface area (Å²) in [5, 5.41) is 10.8. The molecule has 0 spiro atoms. The Balaban J connectivity index is 2.32. The van der Waals surface area contributed by atoms with Gasteiger partial charge in [-0.05, 0) is 29.5 Å². The predicted octanol–water partition coefficient (Wildman–Crippen LogP) is 2.68. The Kier molecular flexibility index (Phi) is 6.52. The fourth-order valence-electron chi connectivity index (χ4n) is 2.84. The number of sulfonamides is 1. The summed E-state index contributed by atoms with van der Waals surface area (Å²) in [6.07, 6.45) is 0.427. The maximum Gasteiger partial charge on any atom is 0.324 e. The van der Waals surface area contributed by atoms with Crippen LogP contribution in [-0.2, 0) is 26.0 Å². The highest BCUT2D eigenvalue weighted by Gasteiger charge is 2.39. The lowest BCUT2D eigenvalue weighted by molar-refractivity contribution is -0.384. The molecule has 0 aliphatic rings. The molecule has 0 saturated carbocycles. The van der Waals surface area contributed by atoms with E-state index in [1.807, 2.05) is 30.3 Å². The van der Waals surface area contributed by atoms with Crippen LogP contribution in [0.5, 0.6) is 0 Å². The largest absolute Gasteiger partial charge is 0.468 e. The van der Waals surface area contributed by atoms with Gasteiger partial charge in [-0.1, -0.05) is 44.2 Å². The number of carbonyl (C=O) groups excluding carboxylic acids is 1. The molecule has 0 unspecified atom stereocenters. The molecule has 0 aliphatic heterocycles. The first-order valence-corrected chi connectivity index (χ1v) is 9.94. The molecule has 0 heterocycles. The molecule has 0 aliphatic carbocycles. The summed E-state index contributed by atoms with van der Waals surface area (Å²) in [5.74, 6) is -0.716. The molecule has 150 valence electrons. The summed E-state index contributed by atoms with van der Waals surface area (Å²) >= 11 is 0. The molecule has 0 bridgehead atoms. The van der Waals surface area contributed by atoms with E-state index in [4.69, 9.17) is 4.74 Å². The molecule has 0 fully saturated rings. The molecular formula is C19H22N2O6S. The van der Waals surface area contributed by atoms with E-state index in [9.17, 15) is 23.3 Å². The van der Waals surface area contributed by atoms with Crippen LogP contribution in [0, 0.1) is 15.5 Å². The molecule has 2 aromatic rings. The molecule has 2 rings (SSSR count). The van der Waals surface area contributed by atoms with Crippen LogP contribution in [0.25, 0.3) is 0 Å². The van der Waals surface area contributed by atoms with Crippen LogP contribution in [0.3, 0.4) is 0 Å². The van der Waals surface area contributed by atoms with E-state index >= 15 is 0 Å². The highest BCUT2D eigenvalue weighted by atomic mass is 32.2. The number of nitrogens with one attached hydrogen (secondary N) is 1. The van der Waals surface area contributed by atoms with Crippen molar-refractivity contribution >= 4 is 21.7 Å². The van der Waals surface area contributed by atoms with Gasteiger partial charge in [0, 0.05) is 12.1 Å². The molecule has 28 heavy (non-hydrogen) atoms. The van der Waals surface area contributed by atoms with E-state index in [1.165, 1.54) is 7.11 Å². The van der Waals surface area contributed by atoms with Crippen molar-refractivity contribution in [2.45, 2.75) is 31.2 Å². The van der Waals surface area contributed by atoms with Crippen LogP contribution in [0.15, 0.2) is 59.5 Å². The van der Waals surface area contributed by atoms with Gasteiger partial charge in [0.1, 0.15) is 6.04 Å². The van der Waals surface area contributed by atoms with Gasteiger partial charge in [-0.25, -0.2) is 8.42 Å². The lowest BCUT2D eigenvalue weighted by Gasteiger charge is -2.33. The quantitative estimate of drug-likeness (QED) is 0.409. The second kappa shape index (κ2) is 8.49. The van der Waals surface area contributed by atoms with E-state index in [-0.39, 0.29) is 10.6 Å². The number of esters is 1. The minimum absolute atomic E-state index is 0.178. The molecular weight excluding hydrogens is 384 g/mol. The molecule has 9 heteroatoms. The normalized spacial score (nSPS) is 13.0. The highest BCUT2D eigenvalue weighted by molar-refractivity contribution is 7.89. The van der Waals surface area contributed by atoms with E-state index in [0.29, 0.717) is 6.42 Å². The zero-order valence-electron chi connectivity index (χ0n) is 15.8. The van der Waals surface area contributed by atoms with Crippen LogP contribution in [0.4, 0.5) is 5.69 Å². The zero-order chi connectivity index (χ0) is 20.9. The molecule has 0 radical (unpaired) electrons. The number of carbonyl (C=O) groups is 1. The van der Waals surface area contributed by atoms with Gasteiger partial charge in [-0.3, -0.25) is 14.9 Å². The van der Waals surface area contributed by atoms with Crippen LogP contribution < -0.4 is 4.72 Å². The zero-order valence-corrected chi connectivity index (χ0v) is 16.6. The summed E-state index contributed by atoms with van der Waals surface area (Å²) in [6.45, 7) is 3.53.